The second-order valence-corrected chi connectivity index (χ2v) is 4.74. The monoisotopic (exact) mass is 350 g/mol. The Bertz CT molecular complexity index is 894. The van der Waals surface area contributed by atoms with Crippen molar-refractivity contribution in [3.05, 3.63) is 52.4 Å². The lowest BCUT2D eigenvalue weighted by atomic mass is 9.86. The van der Waals surface area contributed by atoms with E-state index in [0.29, 0.717) is 0 Å². The van der Waals surface area contributed by atoms with Crippen LogP contribution in [0.25, 0.3) is 21.5 Å². The zero-order valence-electron chi connectivity index (χ0n) is 11.0. The van der Waals surface area contributed by atoms with E-state index >= 15 is 0 Å². The van der Waals surface area contributed by atoms with Crippen LogP contribution in [-0.4, -0.2) is 7.85 Å². The first-order valence-corrected chi connectivity index (χ1v) is 5.99. The van der Waals surface area contributed by atoms with Gasteiger partial charge in [-0.25, -0.2) is 39.5 Å². The summed E-state index contributed by atoms with van der Waals surface area (Å²) in [4.78, 5) is 0. The van der Waals surface area contributed by atoms with Gasteiger partial charge < -0.3 is 0 Å². The molecule has 3 aromatic carbocycles. The lowest BCUT2D eigenvalue weighted by Crippen LogP contribution is -2.18. The van der Waals surface area contributed by atoms with Gasteiger partial charge in [0.25, 0.3) is 0 Å². The molecule has 0 saturated heterocycles. The summed E-state index contributed by atoms with van der Waals surface area (Å²) in [5.74, 6) is -20.6. The fraction of sp³-hybridized carbons (Fsp3) is 0. The molecular formula is C14BF9. The minimum atomic E-state index is -2.49. The van der Waals surface area contributed by atoms with E-state index in [1.165, 1.54) is 0 Å². The van der Waals surface area contributed by atoms with Gasteiger partial charge in [-0.05, 0) is 5.46 Å². The highest BCUT2D eigenvalue weighted by Crippen LogP contribution is 2.37. The zero-order valence-corrected chi connectivity index (χ0v) is 11.0. The van der Waals surface area contributed by atoms with Crippen LogP contribution in [0.2, 0.25) is 0 Å². The van der Waals surface area contributed by atoms with Gasteiger partial charge in [0.2, 0.25) is 0 Å². The summed E-state index contributed by atoms with van der Waals surface area (Å²) in [7, 11) is 5.03. The van der Waals surface area contributed by atoms with Gasteiger partial charge >= 0.3 is 0 Å². The van der Waals surface area contributed by atoms with Gasteiger partial charge in [0, 0.05) is 5.39 Å². The Morgan fingerprint density at radius 1 is 0.333 bits per heavy atom. The highest BCUT2D eigenvalue weighted by Gasteiger charge is 2.31. The second kappa shape index (κ2) is 5.05. The molecule has 0 unspecified atom stereocenters. The third kappa shape index (κ3) is 1.79. The molecule has 3 aromatic rings. The average Bonchev–Trinajstić information content (AvgIpc) is 2.55. The van der Waals surface area contributed by atoms with Crippen molar-refractivity contribution in [3.63, 3.8) is 0 Å². The average molecular weight is 350 g/mol. The van der Waals surface area contributed by atoms with Crippen LogP contribution in [0.1, 0.15) is 0 Å². The van der Waals surface area contributed by atoms with E-state index in [0.717, 1.165) is 0 Å². The van der Waals surface area contributed by atoms with Crippen LogP contribution in [-0.2, 0) is 0 Å². The van der Waals surface area contributed by atoms with Crippen LogP contribution < -0.4 is 5.46 Å². The van der Waals surface area contributed by atoms with E-state index < -0.39 is 79.4 Å². The summed E-state index contributed by atoms with van der Waals surface area (Å²) in [5.41, 5.74) is -1.45. The van der Waals surface area contributed by atoms with Crippen molar-refractivity contribution in [1.82, 2.24) is 0 Å². The Morgan fingerprint density at radius 2 is 0.625 bits per heavy atom. The van der Waals surface area contributed by atoms with Crippen molar-refractivity contribution in [2.24, 2.45) is 0 Å². The zero-order chi connectivity index (χ0) is 18.1. The largest absolute Gasteiger partial charge is 0.206 e. The van der Waals surface area contributed by atoms with Crippen molar-refractivity contribution in [1.29, 1.82) is 0 Å². The number of fused-ring (bicyclic) bond motifs is 2. The molecule has 0 saturated carbocycles. The summed E-state index contributed by atoms with van der Waals surface area (Å²) >= 11 is 0. The molecule has 122 valence electrons. The molecule has 0 fully saturated rings. The molecule has 0 nitrogen and oxygen atoms in total. The molecule has 2 radical (unpaired) electrons. The molecular weight excluding hydrogens is 350 g/mol. The van der Waals surface area contributed by atoms with Crippen molar-refractivity contribution in [3.8, 4) is 0 Å². The van der Waals surface area contributed by atoms with Gasteiger partial charge in [0.1, 0.15) is 19.5 Å². The van der Waals surface area contributed by atoms with E-state index in [1.54, 1.807) is 0 Å². The quantitative estimate of drug-likeness (QED) is 0.189. The first-order chi connectivity index (χ1) is 11.1. The highest BCUT2D eigenvalue weighted by atomic mass is 19.2. The van der Waals surface area contributed by atoms with Crippen LogP contribution in [0, 0.1) is 52.4 Å². The molecule has 0 aliphatic carbocycles. The maximum atomic E-state index is 14.4. The van der Waals surface area contributed by atoms with Crippen molar-refractivity contribution in [2.75, 3.05) is 0 Å². The molecule has 0 atom stereocenters. The molecule has 0 spiro atoms. The van der Waals surface area contributed by atoms with Crippen molar-refractivity contribution < 1.29 is 39.5 Å². The van der Waals surface area contributed by atoms with E-state index in [9.17, 15) is 39.5 Å². The maximum absolute atomic E-state index is 14.4. The number of rotatable bonds is 0. The lowest BCUT2D eigenvalue weighted by molar-refractivity contribution is 0.414. The normalized spacial score (nSPS) is 11.7. The van der Waals surface area contributed by atoms with Gasteiger partial charge in [-0.1, -0.05) is 0 Å². The third-order valence-electron chi connectivity index (χ3n) is 3.51. The summed E-state index contributed by atoms with van der Waals surface area (Å²) in [6.07, 6.45) is 0. The Kier molecular flexibility index (Phi) is 3.47. The third-order valence-corrected chi connectivity index (χ3v) is 3.51. The van der Waals surface area contributed by atoms with Crippen molar-refractivity contribution >= 4 is 34.9 Å². The molecule has 0 N–H and O–H groups in total. The summed E-state index contributed by atoms with van der Waals surface area (Å²) in [6.45, 7) is 0. The lowest BCUT2D eigenvalue weighted by Gasteiger charge is -2.14. The summed E-state index contributed by atoms with van der Waals surface area (Å²) in [6, 6.07) is 0. The minimum absolute atomic E-state index is 1.45. The van der Waals surface area contributed by atoms with E-state index in [4.69, 9.17) is 7.85 Å². The van der Waals surface area contributed by atoms with Crippen LogP contribution in [0.5, 0.6) is 0 Å². The smallest absolute Gasteiger partial charge is 0.198 e. The Morgan fingerprint density at radius 3 is 1.04 bits per heavy atom. The second-order valence-electron chi connectivity index (χ2n) is 4.74. The molecule has 0 aliphatic rings. The Labute approximate surface area is 127 Å². The fourth-order valence-corrected chi connectivity index (χ4v) is 2.41. The Hall–Kier alpha value is -2.39. The molecule has 0 aliphatic heterocycles. The number of hydrogen-bond donors (Lipinski definition) is 0. The molecule has 3 rings (SSSR count). The molecule has 0 heterocycles. The standard InChI is InChI=1S/C14BF9/c15-5-1-2(8(18)12(22)11(5)21)7(17)4-3(6(1)16)9(19)13(23)14(24)10(4)20. The molecule has 0 amide bonds. The van der Waals surface area contributed by atoms with Gasteiger partial charge in [-0.15, -0.1) is 0 Å². The van der Waals surface area contributed by atoms with E-state index in [2.05, 4.69) is 0 Å². The highest BCUT2D eigenvalue weighted by molar-refractivity contribution is 6.39. The number of halogens is 9. The van der Waals surface area contributed by atoms with Crippen LogP contribution in [0.3, 0.4) is 0 Å². The predicted molar refractivity (Wildman–Crippen MR) is 66.5 cm³/mol. The summed E-state index contributed by atoms with van der Waals surface area (Å²) < 4.78 is 123. The van der Waals surface area contributed by atoms with Crippen LogP contribution in [0.15, 0.2) is 0 Å². The molecule has 0 bridgehead atoms. The van der Waals surface area contributed by atoms with Crippen LogP contribution >= 0.6 is 0 Å². The van der Waals surface area contributed by atoms with Gasteiger partial charge in [0.05, 0.1) is 16.2 Å². The van der Waals surface area contributed by atoms with Crippen molar-refractivity contribution in [2.45, 2.75) is 0 Å². The topological polar surface area (TPSA) is 0 Å². The number of hydrogen-bond acceptors (Lipinski definition) is 0. The minimum Gasteiger partial charge on any atom is -0.206 e. The fourth-order valence-electron chi connectivity index (χ4n) is 2.41. The number of benzene rings is 3. The molecule has 24 heavy (non-hydrogen) atoms. The Balaban J connectivity index is 2.82. The van der Waals surface area contributed by atoms with Gasteiger partial charge in [0.15, 0.2) is 40.7 Å². The maximum Gasteiger partial charge on any atom is 0.198 e. The SMILES string of the molecule is [B]c1c(F)c(F)c(F)c2c(F)c3c(F)c(F)c(F)c(F)c3c(F)c12. The first kappa shape index (κ1) is 16.5. The first-order valence-electron chi connectivity index (χ1n) is 5.99. The molecule has 10 heteroatoms. The van der Waals surface area contributed by atoms with Gasteiger partial charge in [-0.3, -0.25) is 0 Å². The van der Waals surface area contributed by atoms with Crippen LogP contribution in [0.4, 0.5) is 39.5 Å². The predicted octanol–water partition coefficient (Wildman–Crippen LogP) is 4.04. The molecule has 0 aromatic heterocycles. The van der Waals surface area contributed by atoms with Gasteiger partial charge in [-0.2, -0.15) is 0 Å². The van der Waals surface area contributed by atoms with E-state index in [1.807, 2.05) is 0 Å². The summed E-state index contributed by atoms with van der Waals surface area (Å²) in [5, 5.41) is -6.70. The van der Waals surface area contributed by atoms with E-state index in [-0.39, 0.29) is 0 Å².